The van der Waals surface area contributed by atoms with Crippen LogP contribution in [0.1, 0.15) is 27.2 Å². The average Bonchev–Trinajstić information content (AvgIpc) is 2.84. The molecule has 6 heteroatoms. The number of pyridine rings is 1. The van der Waals surface area contributed by atoms with Crippen LogP contribution >= 0.6 is 0 Å². The maximum Gasteiger partial charge on any atom is 0.162 e. The van der Waals surface area contributed by atoms with E-state index in [9.17, 15) is 0 Å². The van der Waals surface area contributed by atoms with Crippen LogP contribution in [0.5, 0.6) is 23.0 Å². The Morgan fingerprint density at radius 1 is 0.781 bits per heavy atom. The first-order chi connectivity index (χ1) is 15.6. The molecule has 3 aromatic rings. The van der Waals surface area contributed by atoms with E-state index in [-0.39, 0.29) is 0 Å². The zero-order valence-electron chi connectivity index (χ0n) is 19.8. The molecule has 1 heterocycles. The number of rotatable bonds is 12. The highest BCUT2D eigenvalue weighted by Crippen LogP contribution is 2.37. The van der Waals surface area contributed by atoms with E-state index >= 15 is 0 Å². The van der Waals surface area contributed by atoms with Gasteiger partial charge in [-0.3, -0.25) is 0 Å². The van der Waals surface area contributed by atoms with E-state index in [1.165, 1.54) is 0 Å². The minimum atomic E-state index is 0.596. The summed E-state index contributed by atoms with van der Waals surface area (Å²) in [4.78, 5) is 7.23. The lowest BCUT2D eigenvalue weighted by Crippen LogP contribution is -2.27. The fourth-order valence-corrected chi connectivity index (χ4v) is 3.56. The van der Waals surface area contributed by atoms with E-state index in [1.54, 1.807) is 14.2 Å². The molecular formula is C26H34N2O4. The number of fused-ring (bicyclic) bond motifs is 1. The highest BCUT2D eigenvalue weighted by molar-refractivity contribution is 5.90. The Bertz CT molecular complexity index is 1000. The zero-order chi connectivity index (χ0) is 22.9. The second-order valence-electron chi connectivity index (χ2n) is 7.48. The third kappa shape index (κ3) is 5.62. The van der Waals surface area contributed by atoms with E-state index < -0.39 is 0 Å². The van der Waals surface area contributed by atoms with Gasteiger partial charge in [0.2, 0.25) is 0 Å². The second kappa shape index (κ2) is 11.6. The number of benzene rings is 2. The highest BCUT2D eigenvalue weighted by Gasteiger charge is 2.14. The molecule has 0 saturated heterocycles. The van der Waals surface area contributed by atoms with Gasteiger partial charge < -0.3 is 23.8 Å². The Morgan fingerprint density at radius 2 is 1.47 bits per heavy atom. The third-order valence-electron chi connectivity index (χ3n) is 5.46. The van der Waals surface area contributed by atoms with Gasteiger partial charge in [0.05, 0.1) is 32.0 Å². The summed E-state index contributed by atoms with van der Waals surface area (Å²) in [5, 5.41) is 0.897. The molecule has 0 saturated carbocycles. The Balaban J connectivity index is 1.99. The summed E-state index contributed by atoms with van der Waals surface area (Å²) in [6.45, 7) is 10.6. The van der Waals surface area contributed by atoms with Crippen LogP contribution in [-0.2, 0) is 0 Å². The molecule has 0 amide bonds. The molecule has 0 radical (unpaired) electrons. The molecule has 32 heavy (non-hydrogen) atoms. The van der Waals surface area contributed by atoms with Gasteiger partial charge in [0.25, 0.3) is 0 Å². The van der Waals surface area contributed by atoms with Crippen LogP contribution in [0.3, 0.4) is 0 Å². The van der Waals surface area contributed by atoms with E-state index in [0.717, 1.165) is 59.7 Å². The van der Waals surface area contributed by atoms with Crippen LogP contribution in [0.2, 0.25) is 0 Å². The SMILES string of the molecule is CCCOc1ccc(-c2cc(OCCN(CC)CC)c3cc(OC)c(OC)cc3n2)cc1. The van der Waals surface area contributed by atoms with Crippen LogP contribution in [0.25, 0.3) is 22.2 Å². The Labute approximate surface area is 191 Å². The van der Waals surface area contributed by atoms with Gasteiger partial charge in [-0.15, -0.1) is 0 Å². The van der Waals surface area contributed by atoms with Gasteiger partial charge in [-0.2, -0.15) is 0 Å². The van der Waals surface area contributed by atoms with Gasteiger partial charge in [0.15, 0.2) is 11.5 Å². The summed E-state index contributed by atoms with van der Waals surface area (Å²) >= 11 is 0. The molecule has 1 aromatic heterocycles. The minimum absolute atomic E-state index is 0.596. The molecule has 0 atom stereocenters. The number of aromatic nitrogens is 1. The number of hydrogen-bond acceptors (Lipinski definition) is 6. The summed E-state index contributed by atoms with van der Waals surface area (Å²) in [6.07, 6.45) is 0.980. The number of hydrogen-bond donors (Lipinski definition) is 0. The molecule has 6 nitrogen and oxygen atoms in total. The molecule has 0 aliphatic carbocycles. The van der Waals surface area contributed by atoms with Gasteiger partial charge >= 0.3 is 0 Å². The van der Waals surface area contributed by atoms with Gasteiger partial charge in [-0.25, -0.2) is 4.98 Å². The van der Waals surface area contributed by atoms with Crippen molar-refractivity contribution in [3.8, 4) is 34.3 Å². The summed E-state index contributed by atoms with van der Waals surface area (Å²) in [5.74, 6) is 2.94. The largest absolute Gasteiger partial charge is 0.494 e. The minimum Gasteiger partial charge on any atom is -0.494 e. The lowest BCUT2D eigenvalue weighted by molar-refractivity contribution is 0.224. The Kier molecular flexibility index (Phi) is 8.56. The molecule has 0 aliphatic rings. The predicted octanol–water partition coefficient (Wildman–Crippen LogP) is 5.43. The number of nitrogens with zero attached hydrogens (tertiary/aromatic N) is 2. The number of likely N-dealkylation sites (N-methyl/N-ethyl adjacent to an activating group) is 1. The fraction of sp³-hybridized carbons (Fsp3) is 0.423. The van der Waals surface area contributed by atoms with E-state index in [0.29, 0.717) is 24.7 Å². The van der Waals surface area contributed by atoms with E-state index in [2.05, 4.69) is 25.7 Å². The molecule has 0 unspecified atom stereocenters. The van der Waals surface area contributed by atoms with Crippen LogP contribution < -0.4 is 18.9 Å². The topological polar surface area (TPSA) is 53.1 Å². The van der Waals surface area contributed by atoms with Crippen molar-refractivity contribution in [2.75, 3.05) is 47.1 Å². The second-order valence-corrected chi connectivity index (χ2v) is 7.48. The molecule has 2 aromatic carbocycles. The number of ether oxygens (including phenoxy) is 4. The summed E-state index contributed by atoms with van der Waals surface area (Å²) in [6, 6.07) is 13.8. The smallest absolute Gasteiger partial charge is 0.162 e. The van der Waals surface area contributed by atoms with Crippen molar-refractivity contribution in [3.05, 3.63) is 42.5 Å². The van der Waals surface area contributed by atoms with Crippen molar-refractivity contribution in [2.24, 2.45) is 0 Å². The first kappa shape index (κ1) is 23.7. The summed E-state index contributed by atoms with van der Waals surface area (Å²) in [7, 11) is 3.26. The molecular weight excluding hydrogens is 404 g/mol. The molecule has 3 rings (SSSR count). The molecule has 0 aliphatic heterocycles. The predicted molar refractivity (Wildman–Crippen MR) is 129 cm³/mol. The first-order valence-corrected chi connectivity index (χ1v) is 11.3. The molecule has 0 spiro atoms. The van der Waals surface area contributed by atoms with E-state index in [4.69, 9.17) is 23.9 Å². The quantitative estimate of drug-likeness (QED) is 0.376. The van der Waals surface area contributed by atoms with Crippen LogP contribution in [0.15, 0.2) is 42.5 Å². The monoisotopic (exact) mass is 438 g/mol. The Morgan fingerprint density at radius 3 is 2.09 bits per heavy atom. The normalized spacial score (nSPS) is 11.1. The van der Waals surface area contributed by atoms with Crippen molar-refractivity contribution in [1.29, 1.82) is 0 Å². The molecule has 0 N–H and O–H groups in total. The van der Waals surface area contributed by atoms with Crippen molar-refractivity contribution in [3.63, 3.8) is 0 Å². The molecule has 172 valence electrons. The van der Waals surface area contributed by atoms with Crippen LogP contribution in [-0.4, -0.2) is 57.0 Å². The lowest BCUT2D eigenvalue weighted by Gasteiger charge is -2.19. The third-order valence-corrected chi connectivity index (χ3v) is 5.46. The van der Waals surface area contributed by atoms with Gasteiger partial charge in [0.1, 0.15) is 18.1 Å². The maximum absolute atomic E-state index is 6.26. The van der Waals surface area contributed by atoms with Gasteiger partial charge in [0, 0.05) is 29.6 Å². The van der Waals surface area contributed by atoms with Crippen molar-refractivity contribution in [2.45, 2.75) is 27.2 Å². The molecule has 0 fully saturated rings. The Hall–Kier alpha value is -2.99. The van der Waals surface area contributed by atoms with E-state index in [1.807, 2.05) is 42.5 Å². The van der Waals surface area contributed by atoms with Crippen LogP contribution in [0, 0.1) is 0 Å². The van der Waals surface area contributed by atoms with Gasteiger partial charge in [-0.05, 0) is 49.8 Å². The summed E-state index contributed by atoms with van der Waals surface area (Å²) in [5.41, 5.74) is 2.63. The number of methoxy groups -OCH3 is 2. The van der Waals surface area contributed by atoms with Gasteiger partial charge in [-0.1, -0.05) is 20.8 Å². The highest BCUT2D eigenvalue weighted by atomic mass is 16.5. The maximum atomic E-state index is 6.26. The molecule has 0 bridgehead atoms. The van der Waals surface area contributed by atoms with Crippen molar-refractivity contribution < 1.29 is 18.9 Å². The zero-order valence-corrected chi connectivity index (χ0v) is 19.8. The lowest BCUT2D eigenvalue weighted by atomic mass is 10.1. The summed E-state index contributed by atoms with van der Waals surface area (Å²) < 4.78 is 23.0. The average molecular weight is 439 g/mol. The van der Waals surface area contributed by atoms with Crippen LogP contribution in [0.4, 0.5) is 0 Å². The van der Waals surface area contributed by atoms with Crippen molar-refractivity contribution in [1.82, 2.24) is 9.88 Å². The first-order valence-electron chi connectivity index (χ1n) is 11.3. The van der Waals surface area contributed by atoms with Crippen molar-refractivity contribution >= 4 is 10.9 Å². The fourth-order valence-electron chi connectivity index (χ4n) is 3.56. The standard InChI is InChI=1S/C26H34N2O4/c1-6-14-31-20-11-9-19(10-12-20)22-17-24(32-15-13-28(7-2)8-3)21-16-25(29-4)26(30-5)18-23(21)27-22/h9-12,16-18H,6-8,13-15H2,1-5H3.